The number of hydrogen-bond donors (Lipinski definition) is 1. The highest BCUT2D eigenvalue weighted by atomic mass is 35.5. The number of Topliss-reactive ketones (excluding diaryl/α,β-unsaturated/α-hetero) is 1. The van der Waals surface area contributed by atoms with Crippen molar-refractivity contribution in [3.05, 3.63) is 100 Å². The molecule has 1 unspecified atom stereocenters. The van der Waals surface area contributed by atoms with Gasteiger partial charge in [-0.25, -0.2) is 4.39 Å². The maximum absolute atomic E-state index is 13.8. The number of carbonyl (C=O) groups excluding carboxylic acids is 2. The minimum Gasteiger partial charge on any atom is -0.507 e. The average Bonchev–Trinajstić information content (AvgIpc) is 3.06. The molecular formula is C26H22ClFN2O3. The second-order valence-electron chi connectivity index (χ2n) is 8.88. The van der Waals surface area contributed by atoms with Crippen molar-refractivity contribution in [2.75, 3.05) is 4.90 Å². The number of ketones is 1. The van der Waals surface area contributed by atoms with E-state index in [4.69, 9.17) is 11.6 Å². The number of aliphatic hydroxyl groups excluding tert-OH is 1. The van der Waals surface area contributed by atoms with Crippen molar-refractivity contribution in [3.8, 4) is 0 Å². The number of amides is 1. The van der Waals surface area contributed by atoms with Crippen molar-refractivity contribution in [1.82, 2.24) is 4.98 Å². The Labute approximate surface area is 196 Å². The van der Waals surface area contributed by atoms with E-state index in [9.17, 15) is 19.1 Å². The summed E-state index contributed by atoms with van der Waals surface area (Å²) in [7, 11) is 0. The van der Waals surface area contributed by atoms with Crippen LogP contribution in [0.3, 0.4) is 0 Å². The third kappa shape index (κ3) is 4.14. The molecule has 0 aliphatic carbocycles. The van der Waals surface area contributed by atoms with Gasteiger partial charge >= 0.3 is 0 Å². The van der Waals surface area contributed by atoms with Crippen molar-refractivity contribution < 1.29 is 19.1 Å². The van der Waals surface area contributed by atoms with E-state index in [1.54, 1.807) is 12.1 Å². The Bertz CT molecular complexity index is 1260. The van der Waals surface area contributed by atoms with Crippen molar-refractivity contribution in [3.63, 3.8) is 0 Å². The van der Waals surface area contributed by atoms with Crippen molar-refractivity contribution >= 4 is 34.7 Å². The van der Waals surface area contributed by atoms with Crippen LogP contribution >= 0.6 is 11.6 Å². The highest BCUT2D eigenvalue weighted by molar-refractivity contribution is 6.51. The van der Waals surface area contributed by atoms with E-state index < -0.39 is 23.5 Å². The quantitative estimate of drug-likeness (QED) is 0.302. The Hall–Kier alpha value is -3.51. The van der Waals surface area contributed by atoms with E-state index in [1.807, 2.05) is 24.3 Å². The monoisotopic (exact) mass is 464 g/mol. The minimum absolute atomic E-state index is 0.0600. The van der Waals surface area contributed by atoms with Gasteiger partial charge in [-0.05, 0) is 46.9 Å². The molecule has 2 aromatic carbocycles. The predicted molar refractivity (Wildman–Crippen MR) is 126 cm³/mol. The lowest BCUT2D eigenvalue weighted by atomic mass is 9.85. The Morgan fingerprint density at radius 1 is 1.03 bits per heavy atom. The molecule has 1 N–H and O–H groups in total. The van der Waals surface area contributed by atoms with Crippen molar-refractivity contribution in [1.29, 1.82) is 0 Å². The molecule has 4 rings (SSSR count). The number of benzene rings is 2. The lowest BCUT2D eigenvalue weighted by Gasteiger charge is -2.26. The van der Waals surface area contributed by atoms with Gasteiger partial charge in [-0.2, -0.15) is 0 Å². The van der Waals surface area contributed by atoms with E-state index in [0.29, 0.717) is 11.1 Å². The summed E-state index contributed by atoms with van der Waals surface area (Å²) in [5.41, 5.74) is 2.15. The van der Waals surface area contributed by atoms with Crippen LogP contribution in [0.4, 0.5) is 10.1 Å². The number of anilines is 1. The number of aliphatic hydroxyl groups is 1. The van der Waals surface area contributed by atoms with E-state index in [0.717, 1.165) is 11.6 Å². The second-order valence-corrected chi connectivity index (χ2v) is 9.28. The maximum Gasteiger partial charge on any atom is 0.300 e. The highest BCUT2D eigenvalue weighted by Crippen LogP contribution is 2.43. The molecule has 1 amide bonds. The molecule has 1 aliphatic heterocycles. The smallest absolute Gasteiger partial charge is 0.300 e. The summed E-state index contributed by atoms with van der Waals surface area (Å²) in [4.78, 5) is 31.4. The molecule has 0 bridgehead atoms. The first-order valence-electron chi connectivity index (χ1n) is 10.4. The lowest BCUT2D eigenvalue weighted by molar-refractivity contribution is -0.132. The number of pyridine rings is 1. The van der Waals surface area contributed by atoms with Gasteiger partial charge in [0.15, 0.2) is 0 Å². The van der Waals surface area contributed by atoms with Crippen LogP contribution in [0, 0.1) is 5.82 Å². The molecule has 3 aromatic rings. The van der Waals surface area contributed by atoms with Crippen LogP contribution in [0.25, 0.3) is 5.76 Å². The number of rotatable bonds is 3. The van der Waals surface area contributed by atoms with Crippen LogP contribution in [0.5, 0.6) is 0 Å². The third-order valence-corrected chi connectivity index (χ3v) is 5.96. The fourth-order valence-corrected chi connectivity index (χ4v) is 4.05. The number of carbonyl (C=O) groups is 2. The average molecular weight is 465 g/mol. The summed E-state index contributed by atoms with van der Waals surface area (Å²) in [6.45, 7) is 6.24. The lowest BCUT2D eigenvalue weighted by Crippen LogP contribution is -2.29. The van der Waals surface area contributed by atoms with E-state index in [-0.39, 0.29) is 27.5 Å². The molecule has 7 heteroatoms. The SMILES string of the molecule is CC(C)(C)c1ccc(C2/C(=C(\O)c3ccncc3)C(=O)C(=O)N2c2ccc(F)c(Cl)c2)cc1. The molecule has 1 aromatic heterocycles. The summed E-state index contributed by atoms with van der Waals surface area (Å²) in [6, 6.07) is 13.5. The van der Waals surface area contributed by atoms with Gasteiger partial charge in [0.2, 0.25) is 0 Å². The summed E-state index contributed by atoms with van der Waals surface area (Å²) >= 11 is 5.97. The van der Waals surface area contributed by atoms with E-state index in [1.165, 1.54) is 29.4 Å². The summed E-state index contributed by atoms with van der Waals surface area (Å²) < 4.78 is 13.8. The van der Waals surface area contributed by atoms with Gasteiger partial charge in [-0.1, -0.05) is 56.6 Å². The molecule has 2 heterocycles. The first-order valence-corrected chi connectivity index (χ1v) is 10.7. The topological polar surface area (TPSA) is 70.5 Å². The van der Waals surface area contributed by atoms with E-state index in [2.05, 4.69) is 25.8 Å². The van der Waals surface area contributed by atoms with Crippen LogP contribution in [0.1, 0.15) is 43.5 Å². The van der Waals surface area contributed by atoms with Gasteiger partial charge in [-0.15, -0.1) is 0 Å². The highest BCUT2D eigenvalue weighted by Gasteiger charge is 2.47. The zero-order valence-electron chi connectivity index (χ0n) is 18.3. The van der Waals surface area contributed by atoms with Crippen LogP contribution in [-0.2, 0) is 15.0 Å². The Kier molecular flexibility index (Phi) is 5.80. The summed E-state index contributed by atoms with van der Waals surface area (Å²) in [5.74, 6) is -2.62. The molecule has 0 saturated carbocycles. The molecule has 5 nitrogen and oxygen atoms in total. The molecule has 1 fully saturated rings. The van der Waals surface area contributed by atoms with Gasteiger partial charge in [0.1, 0.15) is 11.6 Å². The Morgan fingerprint density at radius 2 is 1.67 bits per heavy atom. The molecule has 1 atom stereocenters. The van der Waals surface area contributed by atoms with Gasteiger partial charge < -0.3 is 5.11 Å². The normalized spacial score (nSPS) is 18.1. The van der Waals surface area contributed by atoms with Gasteiger partial charge in [0.05, 0.1) is 16.6 Å². The second kappa shape index (κ2) is 8.45. The number of nitrogens with zero attached hydrogens (tertiary/aromatic N) is 2. The zero-order chi connectivity index (χ0) is 23.9. The fourth-order valence-electron chi connectivity index (χ4n) is 3.88. The fraction of sp³-hybridized carbons (Fsp3) is 0.192. The van der Waals surface area contributed by atoms with Crippen LogP contribution in [-0.4, -0.2) is 21.8 Å². The largest absolute Gasteiger partial charge is 0.507 e. The summed E-state index contributed by atoms with van der Waals surface area (Å²) in [6.07, 6.45) is 2.97. The van der Waals surface area contributed by atoms with Crippen molar-refractivity contribution in [2.45, 2.75) is 32.2 Å². The molecule has 33 heavy (non-hydrogen) atoms. The molecule has 168 valence electrons. The molecule has 0 radical (unpaired) electrons. The van der Waals surface area contributed by atoms with Crippen LogP contribution in [0.15, 0.2) is 72.6 Å². The van der Waals surface area contributed by atoms with Crippen LogP contribution < -0.4 is 4.90 Å². The van der Waals surface area contributed by atoms with Crippen LogP contribution in [0.2, 0.25) is 5.02 Å². The number of hydrogen-bond acceptors (Lipinski definition) is 4. The molecule has 0 spiro atoms. The first kappa shape index (κ1) is 22.7. The zero-order valence-corrected chi connectivity index (χ0v) is 19.1. The van der Waals surface area contributed by atoms with Gasteiger partial charge in [-0.3, -0.25) is 19.5 Å². The molecular weight excluding hydrogens is 443 g/mol. The van der Waals surface area contributed by atoms with E-state index >= 15 is 0 Å². The predicted octanol–water partition coefficient (Wildman–Crippen LogP) is 5.80. The number of halogens is 2. The Morgan fingerprint density at radius 3 is 2.24 bits per heavy atom. The van der Waals surface area contributed by atoms with Gasteiger partial charge in [0, 0.05) is 23.6 Å². The third-order valence-electron chi connectivity index (χ3n) is 5.67. The van der Waals surface area contributed by atoms with Crippen molar-refractivity contribution in [2.24, 2.45) is 0 Å². The maximum atomic E-state index is 13.8. The molecule has 1 saturated heterocycles. The number of aromatic nitrogens is 1. The molecule has 1 aliphatic rings. The minimum atomic E-state index is -0.922. The summed E-state index contributed by atoms with van der Waals surface area (Å²) in [5, 5.41) is 10.9. The first-order chi connectivity index (χ1) is 15.6. The van der Waals surface area contributed by atoms with Gasteiger partial charge in [0.25, 0.3) is 11.7 Å². The Balaban J connectivity index is 1.93. The standard InChI is InChI=1S/C26H22ClFN2O3/c1-26(2,3)17-6-4-15(5-7-17)22-21(23(31)16-10-12-29-13-11-16)24(32)25(33)30(22)18-8-9-20(28)19(27)14-18/h4-14,22,31H,1-3H3/b23-21+.